The molecule has 0 spiro atoms. The molecule has 0 saturated carbocycles. The van der Waals surface area contributed by atoms with Gasteiger partial charge in [-0.25, -0.2) is 4.39 Å². The summed E-state index contributed by atoms with van der Waals surface area (Å²) in [6, 6.07) is 16.3. The Balaban J connectivity index is 1.54. The number of nitrogens with one attached hydrogen (secondary N) is 1. The van der Waals surface area contributed by atoms with E-state index in [-0.39, 0.29) is 11.6 Å². The fourth-order valence-electron chi connectivity index (χ4n) is 3.20. The highest BCUT2D eigenvalue weighted by Crippen LogP contribution is 2.24. The molecule has 0 unspecified atom stereocenters. The topological polar surface area (TPSA) is 45.2 Å². The lowest BCUT2D eigenvalue weighted by Gasteiger charge is -2.30. The second-order valence-electron chi connectivity index (χ2n) is 6.31. The molecule has 0 aliphatic carbocycles. The molecule has 1 aliphatic rings. The average molecular weight is 347 g/mol. The van der Waals surface area contributed by atoms with Gasteiger partial charge in [0, 0.05) is 19.3 Å². The largest absolute Gasteiger partial charge is 0.366 e. The molecule has 4 rings (SSSR count). The second-order valence-corrected chi connectivity index (χ2v) is 6.31. The lowest BCUT2D eigenvalue weighted by atomic mass is 9.99. The maximum Gasteiger partial charge on any atom is 0.257 e. The van der Waals surface area contributed by atoms with Crippen LogP contribution in [-0.2, 0) is 13.0 Å². The van der Waals surface area contributed by atoms with Crippen molar-refractivity contribution in [3.63, 3.8) is 0 Å². The quantitative estimate of drug-likeness (QED) is 0.778. The van der Waals surface area contributed by atoms with Gasteiger partial charge in [0.2, 0.25) is 0 Å². The van der Waals surface area contributed by atoms with Crippen molar-refractivity contribution in [3.8, 4) is 0 Å². The summed E-state index contributed by atoms with van der Waals surface area (Å²) in [7, 11) is 0. The Bertz CT molecular complexity index is 957. The molecule has 0 bridgehead atoms. The summed E-state index contributed by atoms with van der Waals surface area (Å²) >= 11 is 0. The molecule has 4 nitrogen and oxygen atoms in total. The summed E-state index contributed by atoms with van der Waals surface area (Å²) in [4.78, 5) is 18.9. The van der Waals surface area contributed by atoms with Gasteiger partial charge < -0.3 is 10.2 Å². The van der Waals surface area contributed by atoms with E-state index >= 15 is 0 Å². The summed E-state index contributed by atoms with van der Waals surface area (Å²) < 4.78 is 13.7. The highest BCUT2D eigenvalue weighted by atomic mass is 19.1. The molecule has 2 heterocycles. The normalized spacial score (nSPS) is 13.2. The molecule has 0 atom stereocenters. The first-order chi connectivity index (χ1) is 12.7. The van der Waals surface area contributed by atoms with E-state index in [1.807, 2.05) is 6.07 Å². The van der Waals surface area contributed by atoms with Crippen molar-refractivity contribution in [2.45, 2.75) is 13.0 Å². The van der Waals surface area contributed by atoms with E-state index < -0.39 is 5.82 Å². The molecule has 0 radical (unpaired) electrons. The number of halogens is 1. The van der Waals surface area contributed by atoms with E-state index in [1.54, 1.807) is 24.4 Å². The van der Waals surface area contributed by atoms with Crippen molar-refractivity contribution < 1.29 is 9.18 Å². The first kappa shape index (κ1) is 16.3. The van der Waals surface area contributed by atoms with Crippen LogP contribution in [0.3, 0.4) is 0 Å². The first-order valence-electron chi connectivity index (χ1n) is 8.53. The van der Waals surface area contributed by atoms with Gasteiger partial charge in [0.05, 0.1) is 23.1 Å². The molecule has 3 aromatic rings. The Morgan fingerprint density at radius 1 is 1.04 bits per heavy atom. The number of para-hydroxylation sites is 1. The Kier molecular flexibility index (Phi) is 4.35. The Labute approximate surface area is 151 Å². The van der Waals surface area contributed by atoms with Gasteiger partial charge in [-0.2, -0.15) is 0 Å². The molecule has 1 aromatic heterocycles. The van der Waals surface area contributed by atoms with Crippen molar-refractivity contribution in [2.75, 3.05) is 16.8 Å². The van der Waals surface area contributed by atoms with Gasteiger partial charge >= 0.3 is 0 Å². The van der Waals surface area contributed by atoms with Crippen LogP contribution in [0, 0.1) is 5.82 Å². The minimum Gasteiger partial charge on any atom is -0.366 e. The third kappa shape index (κ3) is 3.28. The Morgan fingerprint density at radius 3 is 2.65 bits per heavy atom. The third-order valence-corrected chi connectivity index (χ3v) is 4.60. The number of aromatic nitrogens is 1. The zero-order valence-corrected chi connectivity index (χ0v) is 14.2. The van der Waals surface area contributed by atoms with Crippen molar-refractivity contribution in [1.29, 1.82) is 0 Å². The minimum atomic E-state index is -0.461. The molecule has 0 saturated heterocycles. The van der Waals surface area contributed by atoms with Crippen molar-refractivity contribution in [3.05, 3.63) is 89.5 Å². The number of carbonyl (C=O) groups is 1. The molecular formula is C21H18FN3O. The van der Waals surface area contributed by atoms with Gasteiger partial charge in [-0.3, -0.25) is 9.78 Å². The lowest BCUT2D eigenvalue weighted by Crippen LogP contribution is -2.30. The van der Waals surface area contributed by atoms with Crippen LogP contribution in [0.25, 0.3) is 0 Å². The maximum absolute atomic E-state index is 13.7. The number of hydrogen-bond donors (Lipinski definition) is 1. The summed E-state index contributed by atoms with van der Waals surface area (Å²) in [5, 5.41) is 2.60. The van der Waals surface area contributed by atoms with E-state index in [4.69, 9.17) is 0 Å². The summed E-state index contributed by atoms with van der Waals surface area (Å²) in [6.45, 7) is 1.66. The SMILES string of the molecule is O=C(Nc1ccccc1F)c1cncc(N2CCc3ccccc3C2)c1. The fraction of sp³-hybridized carbons (Fsp3) is 0.143. The monoisotopic (exact) mass is 347 g/mol. The predicted octanol–water partition coefficient (Wildman–Crippen LogP) is 4.04. The summed E-state index contributed by atoms with van der Waals surface area (Å²) in [5.41, 5.74) is 4.12. The number of carbonyl (C=O) groups excluding carboxylic acids is 1. The van der Waals surface area contributed by atoms with Gasteiger partial charge in [0.15, 0.2) is 0 Å². The van der Waals surface area contributed by atoms with E-state index in [1.165, 1.54) is 29.5 Å². The number of rotatable bonds is 3. The van der Waals surface area contributed by atoms with Crippen LogP contribution in [0.5, 0.6) is 0 Å². The average Bonchev–Trinajstić information content (AvgIpc) is 2.69. The van der Waals surface area contributed by atoms with Crippen molar-refractivity contribution >= 4 is 17.3 Å². The molecule has 0 fully saturated rings. The highest BCUT2D eigenvalue weighted by Gasteiger charge is 2.18. The molecule has 26 heavy (non-hydrogen) atoms. The predicted molar refractivity (Wildman–Crippen MR) is 99.8 cm³/mol. The van der Waals surface area contributed by atoms with Crippen LogP contribution < -0.4 is 10.2 Å². The standard InChI is InChI=1S/C21H18FN3O/c22-19-7-3-4-8-20(19)24-21(26)17-11-18(13-23-12-17)25-10-9-15-5-1-2-6-16(15)14-25/h1-8,11-13H,9-10,14H2,(H,24,26). The number of amides is 1. The van der Waals surface area contributed by atoms with E-state index in [0.717, 1.165) is 25.2 Å². The minimum absolute atomic E-state index is 0.162. The molecule has 1 aliphatic heterocycles. The van der Waals surface area contributed by atoms with E-state index in [0.29, 0.717) is 5.56 Å². The smallest absolute Gasteiger partial charge is 0.257 e. The van der Waals surface area contributed by atoms with Gasteiger partial charge in [-0.05, 0) is 35.7 Å². The number of hydrogen-bond acceptors (Lipinski definition) is 3. The number of nitrogens with zero attached hydrogens (tertiary/aromatic N) is 2. The van der Waals surface area contributed by atoms with Crippen LogP contribution in [0.15, 0.2) is 67.0 Å². The first-order valence-corrected chi connectivity index (χ1v) is 8.53. The molecular weight excluding hydrogens is 329 g/mol. The Morgan fingerprint density at radius 2 is 1.81 bits per heavy atom. The van der Waals surface area contributed by atoms with Gasteiger partial charge in [0.25, 0.3) is 5.91 Å². The zero-order chi connectivity index (χ0) is 17.9. The lowest BCUT2D eigenvalue weighted by molar-refractivity contribution is 0.102. The van der Waals surface area contributed by atoms with Gasteiger partial charge in [-0.1, -0.05) is 36.4 Å². The Hall–Kier alpha value is -3.21. The third-order valence-electron chi connectivity index (χ3n) is 4.60. The zero-order valence-electron chi connectivity index (χ0n) is 14.2. The second kappa shape index (κ2) is 6.96. The number of fused-ring (bicyclic) bond motifs is 1. The van der Waals surface area contributed by atoms with Crippen molar-refractivity contribution in [1.82, 2.24) is 4.98 Å². The highest BCUT2D eigenvalue weighted by molar-refractivity contribution is 6.04. The molecule has 1 N–H and O–H groups in total. The summed E-state index contributed by atoms with van der Waals surface area (Å²) in [6.07, 6.45) is 4.22. The van der Waals surface area contributed by atoms with Crippen molar-refractivity contribution in [2.24, 2.45) is 0 Å². The number of benzene rings is 2. The summed E-state index contributed by atoms with van der Waals surface area (Å²) in [5.74, 6) is -0.834. The maximum atomic E-state index is 13.7. The van der Waals surface area contributed by atoms with Gasteiger partial charge in [0.1, 0.15) is 5.82 Å². The molecule has 1 amide bonds. The van der Waals surface area contributed by atoms with Crippen LogP contribution in [0.1, 0.15) is 21.5 Å². The van der Waals surface area contributed by atoms with E-state index in [9.17, 15) is 9.18 Å². The molecule has 5 heteroatoms. The van der Waals surface area contributed by atoms with Crippen LogP contribution in [0.2, 0.25) is 0 Å². The van der Waals surface area contributed by atoms with Crippen LogP contribution in [-0.4, -0.2) is 17.4 Å². The van der Waals surface area contributed by atoms with Gasteiger partial charge in [-0.15, -0.1) is 0 Å². The molecule has 2 aromatic carbocycles. The van der Waals surface area contributed by atoms with Crippen LogP contribution in [0.4, 0.5) is 15.8 Å². The van der Waals surface area contributed by atoms with E-state index in [2.05, 4.69) is 33.4 Å². The number of anilines is 2. The number of pyridine rings is 1. The fourth-order valence-corrected chi connectivity index (χ4v) is 3.20. The van der Waals surface area contributed by atoms with Crippen LogP contribution >= 0.6 is 0 Å². The molecule has 130 valence electrons.